The van der Waals surface area contributed by atoms with Crippen molar-refractivity contribution >= 4 is 23.3 Å². The third-order valence-corrected chi connectivity index (χ3v) is 4.90. The van der Waals surface area contributed by atoms with Gasteiger partial charge < -0.3 is 14.8 Å². The van der Waals surface area contributed by atoms with E-state index in [4.69, 9.17) is 9.47 Å². The van der Waals surface area contributed by atoms with Crippen LogP contribution in [0.5, 0.6) is 11.5 Å². The number of Topliss-reactive ketones (excluding diaryl/α,β-unsaturated/α-hetero) is 1. The molecule has 3 aromatic rings. The van der Waals surface area contributed by atoms with Crippen LogP contribution in [-0.2, 0) is 9.53 Å². The Morgan fingerprint density at radius 2 is 1.70 bits per heavy atom. The summed E-state index contributed by atoms with van der Waals surface area (Å²) in [6.45, 7) is 1.37. The number of nitrogens with one attached hydrogen (secondary N) is 1. The molecule has 6 heteroatoms. The van der Waals surface area contributed by atoms with Gasteiger partial charge in [0.15, 0.2) is 12.4 Å². The molecule has 150 valence electrons. The summed E-state index contributed by atoms with van der Waals surface area (Å²) in [5.74, 6) is -0.491. The fourth-order valence-corrected chi connectivity index (χ4v) is 3.22. The molecule has 4 rings (SSSR count). The molecule has 6 nitrogen and oxygen atoms in total. The normalized spacial score (nSPS) is 14.6. The van der Waals surface area contributed by atoms with Gasteiger partial charge >= 0.3 is 5.97 Å². The minimum absolute atomic E-state index is 0.101. The number of hydrogen-bond acceptors (Lipinski definition) is 5. The van der Waals surface area contributed by atoms with Crippen LogP contribution in [0.25, 0.3) is 0 Å². The number of ether oxygens (including phenoxy) is 2. The average Bonchev–Trinajstić information content (AvgIpc) is 3.06. The molecule has 1 aliphatic heterocycles. The molecule has 3 aromatic carbocycles. The van der Waals surface area contributed by atoms with E-state index in [1.807, 2.05) is 18.2 Å². The van der Waals surface area contributed by atoms with Crippen LogP contribution in [0.1, 0.15) is 39.1 Å². The number of amides is 1. The third kappa shape index (κ3) is 3.93. The largest absolute Gasteiger partial charge is 0.456 e. The number of benzene rings is 3. The van der Waals surface area contributed by atoms with Crippen molar-refractivity contribution < 1.29 is 23.9 Å². The Balaban J connectivity index is 1.44. The molecule has 0 spiro atoms. The number of hydrogen-bond donors (Lipinski definition) is 1. The van der Waals surface area contributed by atoms with E-state index in [-0.39, 0.29) is 23.2 Å². The summed E-state index contributed by atoms with van der Waals surface area (Å²) in [6, 6.07) is 20.7. The standard InChI is InChI=1S/C24H19NO5/c1-15-19-13-16(11-12-20(19)25-23(15)27)21(26)14-29-24(28)18-9-5-6-10-22(18)30-17-7-3-2-4-8-17/h2-13,15H,14H2,1H3,(H,25,27)/t15-/m1/s1. The number of esters is 1. The predicted molar refractivity (Wildman–Crippen MR) is 111 cm³/mol. The SMILES string of the molecule is C[C@H]1C(=O)Nc2ccc(C(=O)COC(=O)c3ccccc3Oc3ccccc3)cc21. The zero-order valence-electron chi connectivity index (χ0n) is 16.3. The molecular weight excluding hydrogens is 382 g/mol. The number of carbonyl (C=O) groups excluding carboxylic acids is 3. The van der Waals surface area contributed by atoms with Crippen LogP contribution < -0.4 is 10.1 Å². The molecule has 0 fully saturated rings. The zero-order chi connectivity index (χ0) is 21.1. The highest BCUT2D eigenvalue weighted by atomic mass is 16.5. The first kappa shape index (κ1) is 19.4. The van der Waals surface area contributed by atoms with Gasteiger partial charge in [0.05, 0.1) is 5.92 Å². The van der Waals surface area contributed by atoms with Gasteiger partial charge in [0.25, 0.3) is 0 Å². The molecule has 0 unspecified atom stereocenters. The summed E-state index contributed by atoms with van der Waals surface area (Å²) in [7, 11) is 0. The van der Waals surface area contributed by atoms with Gasteiger partial charge in [-0.1, -0.05) is 30.3 Å². The molecule has 0 aromatic heterocycles. The number of ketones is 1. The Hall–Kier alpha value is -3.93. The Morgan fingerprint density at radius 3 is 2.50 bits per heavy atom. The van der Waals surface area contributed by atoms with Crippen LogP contribution >= 0.6 is 0 Å². The van der Waals surface area contributed by atoms with Crippen molar-refractivity contribution in [2.45, 2.75) is 12.8 Å². The van der Waals surface area contributed by atoms with Gasteiger partial charge in [-0.2, -0.15) is 0 Å². The summed E-state index contributed by atoms with van der Waals surface area (Å²) >= 11 is 0. The highest BCUT2D eigenvalue weighted by molar-refractivity contribution is 6.05. The minimum Gasteiger partial charge on any atom is -0.456 e. The maximum Gasteiger partial charge on any atom is 0.342 e. The van der Waals surface area contributed by atoms with E-state index in [0.717, 1.165) is 5.56 Å². The van der Waals surface area contributed by atoms with Gasteiger partial charge in [0.2, 0.25) is 5.91 Å². The van der Waals surface area contributed by atoms with E-state index >= 15 is 0 Å². The third-order valence-electron chi connectivity index (χ3n) is 4.90. The highest BCUT2D eigenvalue weighted by Crippen LogP contribution is 2.33. The first-order valence-corrected chi connectivity index (χ1v) is 9.50. The van der Waals surface area contributed by atoms with Crippen molar-refractivity contribution in [2.24, 2.45) is 0 Å². The lowest BCUT2D eigenvalue weighted by atomic mass is 9.99. The van der Waals surface area contributed by atoms with Crippen molar-refractivity contribution in [1.29, 1.82) is 0 Å². The summed E-state index contributed by atoms with van der Waals surface area (Å²) in [5.41, 5.74) is 2.08. The molecule has 0 bridgehead atoms. The first-order chi connectivity index (χ1) is 14.5. The van der Waals surface area contributed by atoms with Crippen LogP contribution in [-0.4, -0.2) is 24.3 Å². The van der Waals surface area contributed by atoms with Gasteiger partial charge in [-0.25, -0.2) is 4.79 Å². The van der Waals surface area contributed by atoms with Crippen molar-refractivity contribution in [1.82, 2.24) is 0 Å². The highest BCUT2D eigenvalue weighted by Gasteiger charge is 2.27. The molecule has 30 heavy (non-hydrogen) atoms. The fourth-order valence-electron chi connectivity index (χ4n) is 3.22. The predicted octanol–water partition coefficient (Wildman–Crippen LogP) is 4.57. The molecule has 0 saturated carbocycles. The molecule has 1 atom stereocenters. The molecule has 1 N–H and O–H groups in total. The van der Waals surface area contributed by atoms with Gasteiger partial charge in [0, 0.05) is 11.3 Å². The summed E-state index contributed by atoms with van der Waals surface area (Å²) in [6.07, 6.45) is 0. The lowest BCUT2D eigenvalue weighted by Gasteiger charge is -2.11. The van der Waals surface area contributed by atoms with Gasteiger partial charge in [-0.3, -0.25) is 9.59 Å². The number of anilines is 1. The smallest absolute Gasteiger partial charge is 0.342 e. The van der Waals surface area contributed by atoms with E-state index < -0.39 is 12.6 Å². The van der Waals surface area contributed by atoms with E-state index in [9.17, 15) is 14.4 Å². The van der Waals surface area contributed by atoms with Crippen molar-refractivity contribution in [3.63, 3.8) is 0 Å². The van der Waals surface area contributed by atoms with E-state index in [0.29, 0.717) is 22.7 Å². The van der Waals surface area contributed by atoms with E-state index in [1.54, 1.807) is 61.5 Å². The molecule has 0 saturated heterocycles. The molecule has 1 heterocycles. The molecule has 0 aliphatic carbocycles. The van der Waals surface area contributed by atoms with Gasteiger partial charge in [-0.15, -0.1) is 0 Å². The second-order valence-electron chi connectivity index (χ2n) is 6.92. The number of para-hydroxylation sites is 2. The van der Waals surface area contributed by atoms with Crippen molar-refractivity contribution in [2.75, 3.05) is 11.9 Å². The van der Waals surface area contributed by atoms with Gasteiger partial charge in [0.1, 0.15) is 17.1 Å². The van der Waals surface area contributed by atoms with Crippen LogP contribution in [0.2, 0.25) is 0 Å². The number of fused-ring (bicyclic) bond motifs is 1. The summed E-state index contributed by atoms with van der Waals surface area (Å²) < 4.78 is 11.0. The fraction of sp³-hybridized carbons (Fsp3) is 0.125. The van der Waals surface area contributed by atoms with Crippen LogP contribution in [0.15, 0.2) is 72.8 Å². The second kappa shape index (κ2) is 8.21. The maximum absolute atomic E-state index is 12.6. The van der Waals surface area contributed by atoms with E-state index in [2.05, 4.69) is 5.32 Å². The number of rotatable bonds is 6. The lowest BCUT2D eigenvalue weighted by molar-refractivity contribution is -0.116. The number of carbonyl (C=O) groups is 3. The topological polar surface area (TPSA) is 81.7 Å². The molecule has 1 aliphatic rings. The Labute approximate surface area is 173 Å². The molecular formula is C24H19NO5. The Bertz CT molecular complexity index is 1120. The molecule has 0 radical (unpaired) electrons. The summed E-state index contributed by atoms with van der Waals surface area (Å²) in [4.78, 5) is 36.9. The summed E-state index contributed by atoms with van der Waals surface area (Å²) in [5, 5.41) is 2.76. The second-order valence-corrected chi connectivity index (χ2v) is 6.92. The Kier molecular flexibility index (Phi) is 5.30. The first-order valence-electron chi connectivity index (χ1n) is 9.50. The van der Waals surface area contributed by atoms with Gasteiger partial charge in [-0.05, 0) is 55.0 Å². The quantitative estimate of drug-likeness (QED) is 0.483. The maximum atomic E-state index is 12.6. The lowest BCUT2D eigenvalue weighted by Crippen LogP contribution is -2.15. The van der Waals surface area contributed by atoms with Crippen molar-refractivity contribution in [3.8, 4) is 11.5 Å². The van der Waals surface area contributed by atoms with E-state index in [1.165, 1.54) is 0 Å². The average molecular weight is 401 g/mol. The zero-order valence-corrected chi connectivity index (χ0v) is 16.3. The van der Waals surface area contributed by atoms with Crippen LogP contribution in [0.3, 0.4) is 0 Å². The minimum atomic E-state index is -0.652. The monoisotopic (exact) mass is 401 g/mol. The Morgan fingerprint density at radius 1 is 0.967 bits per heavy atom. The van der Waals surface area contributed by atoms with Crippen LogP contribution in [0, 0.1) is 0 Å². The molecule has 1 amide bonds. The van der Waals surface area contributed by atoms with Crippen molar-refractivity contribution in [3.05, 3.63) is 89.5 Å². The van der Waals surface area contributed by atoms with Crippen LogP contribution in [0.4, 0.5) is 5.69 Å².